The fourth-order valence-corrected chi connectivity index (χ4v) is 6.36. The molecule has 0 aliphatic heterocycles. The summed E-state index contributed by atoms with van der Waals surface area (Å²) >= 11 is 0. The van der Waals surface area contributed by atoms with Crippen molar-refractivity contribution in [3.8, 4) is 0 Å². The highest BCUT2D eigenvalue weighted by molar-refractivity contribution is 5.76. The molecule has 0 fully saturated rings. The number of allylic oxidation sites excluding steroid dienone is 2. The summed E-state index contributed by atoms with van der Waals surface area (Å²) in [6.45, 7) is 4.58. The lowest BCUT2D eigenvalue weighted by atomic mass is 9.93. The van der Waals surface area contributed by atoms with E-state index in [-0.39, 0.29) is 11.8 Å². The van der Waals surface area contributed by atoms with Crippen LogP contribution in [0.15, 0.2) is 12.2 Å². The molecule has 250 valence electrons. The molecule has 0 bridgehead atoms. The van der Waals surface area contributed by atoms with Crippen molar-refractivity contribution in [2.75, 3.05) is 0 Å². The van der Waals surface area contributed by atoms with Crippen molar-refractivity contribution >= 4 is 5.91 Å². The standard InChI is InChI=1S/C40H79NO/c1-3-5-7-9-11-13-15-17-19-21-22-24-26-28-30-32-34-36-38-39(40(41)42)37-35-33-31-29-27-25-23-20-18-16-14-12-10-8-6-4-2/h23,25,39H,3-22,24,26-38H2,1-2H3,(H2,41,42)/b25-23-. The van der Waals surface area contributed by atoms with E-state index >= 15 is 0 Å². The number of carbonyl (C=O) groups is 1. The number of unbranched alkanes of at least 4 members (excludes halogenated alkanes) is 29. The lowest BCUT2D eigenvalue weighted by Gasteiger charge is -2.13. The van der Waals surface area contributed by atoms with Crippen LogP contribution in [0, 0.1) is 5.92 Å². The largest absolute Gasteiger partial charge is 0.369 e. The van der Waals surface area contributed by atoms with Gasteiger partial charge in [0, 0.05) is 5.92 Å². The Labute approximate surface area is 266 Å². The second-order valence-corrected chi connectivity index (χ2v) is 13.6. The maximum Gasteiger partial charge on any atom is 0.220 e. The molecule has 0 aromatic heterocycles. The Hall–Kier alpha value is -0.790. The van der Waals surface area contributed by atoms with Crippen LogP contribution >= 0.6 is 0 Å². The van der Waals surface area contributed by atoms with Gasteiger partial charge in [-0.05, 0) is 38.5 Å². The van der Waals surface area contributed by atoms with E-state index in [0.29, 0.717) is 0 Å². The molecule has 0 saturated carbocycles. The highest BCUT2D eigenvalue weighted by Gasteiger charge is 2.14. The molecule has 2 N–H and O–H groups in total. The molecule has 0 aromatic rings. The van der Waals surface area contributed by atoms with Gasteiger partial charge in [-0.1, -0.05) is 206 Å². The maximum absolute atomic E-state index is 11.9. The van der Waals surface area contributed by atoms with Crippen molar-refractivity contribution in [1.29, 1.82) is 0 Å². The molecule has 0 spiro atoms. The van der Waals surface area contributed by atoms with Gasteiger partial charge in [0.05, 0.1) is 0 Å². The topological polar surface area (TPSA) is 43.1 Å². The molecule has 0 rings (SSSR count). The van der Waals surface area contributed by atoms with Crippen LogP contribution in [-0.4, -0.2) is 5.91 Å². The molecular weight excluding hydrogens is 510 g/mol. The number of hydrogen-bond acceptors (Lipinski definition) is 1. The molecule has 0 radical (unpaired) electrons. The molecule has 0 aliphatic rings. The average Bonchev–Trinajstić information content (AvgIpc) is 2.99. The molecule has 0 aliphatic carbocycles. The fourth-order valence-electron chi connectivity index (χ4n) is 6.36. The molecular formula is C40H79NO. The Kier molecular flexibility index (Phi) is 35.7. The lowest BCUT2D eigenvalue weighted by Crippen LogP contribution is -2.23. The van der Waals surface area contributed by atoms with Gasteiger partial charge in [-0.3, -0.25) is 4.79 Å². The third-order valence-electron chi connectivity index (χ3n) is 9.37. The molecule has 1 unspecified atom stereocenters. The Balaban J connectivity index is 3.41. The number of nitrogens with two attached hydrogens (primary N) is 1. The molecule has 0 saturated heterocycles. The minimum atomic E-state index is -0.0640. The molecule has 0 heterocycles. The van der Waals surface area contributed by atoms with Gasteiger partial charge < -0.3 is 5.73 Å². The van der Waals surface area contributed by atoms with Crippen LogP contribution in [0.1, 0.15) is 232 Å². The summed E-state index contributed by atoms with van der Waals surface area (Å²) in [4.78, 5) is 11.9. The lowest BCUT2D eigenvalue weighted by molar-refractivity contribution is -0.122. The van der Waals surface area contributed by atoms with Crippen molar-refractivity contribution in [2.45, 2.75) is 232 Å². The molecule has 1 atom stereocenters. The van der Waals surface area contributed by atoms with Crippen molar-refractivity contribution in [1.82, 2.24) is 0 Å². The number of rotatable bonds is 36. The van der Waals surface area contributed by atoms with Crippen LogP contribution in [0.2, 0.25) is 0 Å². The van der Waals surface area contributed by atoms with Crippen LogP contribution < -0.4 is 5.73 Å². The monoisotopic (exact) mass is 590 g/mol. The van der Waals surface area contributed by atoms with E-state index in [0.717, 1.165) is 19.3 Å². The smallest absolute Gasteiger partial charge is 0.220 e. The number of amides is 1. The molecule has 0 aromatic carbocycles. The van der Waals surface area contributed by atoms with Gasteiger partial charge in [-0.25, -0.2) is 0 Å². The van der Waals surface area contributed by atoms with Gasteiger partial charge in [0.2, 0.25) is 5.91 Å². The molecule has 2 heteroatoms. The first kappa shape index (κ1) is 41.2. The van der Waals surface area contributed by atoms with Gasteiger partial charge in [-0.15, -0.1) is 0 Å². The minimum Gasteiger partial charge on any atom is -0.369 e. The zero-order valence-electron chi connectivity index (χ0n) is 29.3. The van der Waals surface area contributed by atoms with Gasteiger partial charge >= 0.3 is 0 Å². The third-order valence-corrected chi connectivity index (χ3v) is 9.37. The highest BCUT2D eigenvalue weighted by Crippen LogP contribution is 2.20. The van der Waals surface area contributed by atoms with Gasteiger partial charge in [0.1, 0.15) is 0 Å². The Morgan fingerprint density at radius 3 is 0.905 bits per heavy atom. The molecule has 1 amide bonds. The van der Waals surface area contributed by atoms with Gasteiger partial charge in [0.25, 0.3) is 0 Å². The van der Waals surface area contributed by atoms with E-state index in [4.69, 9.17) is 5.73 Å². The van der Waals surface area contributed by atoms with E-state index in [1.165, 1.54) is 199 Å². The second-order valence-electron chi connectivity index (χ2n) is 13.6. The summed E-state index contributed by atoms with van der Waals surface area (Å²) in [6, 6.07) is 0. The van der Waals surface area contributed by atoms with Crippen LogP contribution in [0.5, 0.6) is 0 Å². The van der Waals surface area contributed by atoms with Gasteiger partial charge in [-0.2, -0.15) is 0 Å². The van der Waals surface area contributed by atoms with Crippen LogP contribution in [0.3, 0.4) is 0 Å². The average molecular weight is 590 g/mol. The predicted molar refractivity (Wildman–Crippen MR) is 190 cm³/mol. The maximum atomic E-state index is 11.9. The van der Waals surface area contributed by atoms with Crippen molar-refractivity contribution in [2.24, 2.45) is 11.7 Å². The van der Waals surface area contributed by atoms with Crippen LogP contribution in [-0.2, 0) is 4.79 Å². The summed E-state index contributed by atoms with van der Waals surface area (Å²) in [5.41, 5.74) is 5.73. The van der Waals surface area contributed by atoms with Crippen LogP contribution in [0.4, 0.5) is 0 Å². The first-order valence-corrected chi connectivity index (χ1v) is 19.7. The van der Waals surface area contributed by atoms with Crippen molar-refractivity contribution in [3.05, 3.63) is 12.2 Å². The van der Waals surface area contributed by atoms with E-state index in [1.807, 2.05) is 0 Å². The highest BCUT2D eigenvalue weighted by atomic mass is 16.1. The van der Waals surface area contributed by atoms with E-state index in [1.54, 1.807) is 0 Å². The SMILES string of the molecule is CCCCCCCCCC/C=C\CCCCCCC(CCCCCCCCCCCCCCCCCCCC)C(N)=O. The number of hydrogen-bond donors (Lipinski definition) is 1. The summed E-state index contributed by atoms with van der Waals surface area (Å²) in [7, 11) is 0. The Bertz CT molecular complexity index is 542. The van der Waals surface area contributed by atoms with E-state index < -0.39 is 0 Å². The minimum absolute atomic E-state index is 0.0640. The van der Waals surface area contributed by atoms with Gasteiger partial charge in [0.15, 0.2) is 0 Å². The predicted octanol–water partition coefficient (Wildman–Crippen LogP) is 13.9. The molecule has 42 heavy (non-hydrogen) atoms. The van der Waals surface area contributed by atoms with E-state index in [9.17, 15) is 4.79 Å². The normalized spacial score (nSPS) is 12.4. The Morgan fingerprint density at radius 1 is 0.405 bits per heavy atom. The fraction of sp³-hybridized carbons (Fsp3) is 0.925. The third kappa shape index (κ3) is 33.7. The first-order chi connectivity index (χ1) is 20.7. The number of primary amides is 1. The second kappa shape index (κ2) is 36.4. The quantitative estimate of drug-likeness (QED) is 0.0573. The van der Waals surface area contributed by atoms with Crippen molar-refractivity contribution in [3.63, 3.8) is 0 Å². The van der Waals surface area contributed by atoms with Crippen molar-refractivity contribution < 1.29 is 4.79 Å². The molecule has 2 nitrogen and oxygen atoms in total. The zero-order valence-corrected chi connectivity index (χ0v) is 29.3. The first-order valence-electron chi connectivity index (χ1n) is 19.7. The Morgan fingerprint density at radius 2 is 0.643 bits per heavy atom. The zero-order chi connectivity index (χ0) is 30.6. The summed E-state index contributed by atoms with van der Waals surface area (Å²) in [5.74, 6) is 0.0449. The van der Waals surface area contributed by atoms with Crippen LogP contribution in [0.25, 0.3) is 0 Å². The summed E-state index contributed by atoms with van der Waals surface area (Å²) in [5, 5.41) is 0. The summed E-state index contributed by atoms with van der Waals surface area (Å²) in [6.07, 6.45) is 50.7. The number of carbonyl (C=O) groups excluding carboxylic acids is 1. The van der Waals surface area contributed by atoms with E-state index in [2.05, 4.69) is 26.0 Å². The summed E-state index contributed by atoms with van der Waals surface area (Å²) < 4.78 is 0.